The van der Waals surface area contributed by atoms with Gasteiger partial charge in [0, 0.05) is 13.6 Å². The maximum atomic E-state index is 11.3. The highest BCUT2D eigenvalue weighted by Crippen LogP contribution is 2.08. The summed E-state index contributed by atoms with van der Waals surface area (Å²) in [6, 6.07) is 8.39. The highest BCUT2D eigenvalue weighted by Gasteiger charge is 2.06. The number of aryl methyl sites for hydroxylation is 1. The fraction of sp³-hybridized carbons (Fsp3) is 0.462. The quantitative estimate of drug-likeness (QED) is 0.724. The molecule has 0 unspecified atom stereocenters. The molecule has 0 saturated heterocycles. The molecule has 0 bridgehead atoms. The molecule has 1 aromatic rings. The van der Waals surface area contributed by atoms with Gasteiger partial charge in [-0.3, -0.25) is 4.79 Å². The second kappa shape index (κ2) is 6.54. The molecule has 0 heterocycles. The first-order valence-electron chi connectivity index (χ1n) is 5.55. The summed E-state index contributed by atoms with van der Waals surface area (Å²) in [6.45, 7) is 2.79. The molecule has 2 nitrogen and oxygen atoms in total. The van der Waals surface area contributed by atoms with Gasteiger partial charge in [0.05, 0.1) is 0 Å². The van der Waals surface area contributed by atoms with Crippen LogP contribution in [0.2, 0.25) is 0 Å². The summed E-state index contributed by atoms with van der Waals surface area (Å²) < 4.78 is 0. The van der Waals surface area contributed by atoms with Crippen molar-refractivity contribution in [3.63, 3.8) is 0 Å². The van der Waals surface area contributed by atoms with Crippen LogP contribution in [0.15, 0.2) is 24.3 Å². The minimum absolute atomic E-state index is 0.0423. The van der Waals surface area contributed by atoms with Gasteiger partial charge in [-0.05, 0) is 17.5 Å². The summed E-state index contributed by atoms with van der Waals surface area (Å²) in [7, 11) is 1.77. The Bertz CT molecular complexity index is 334. The zero-order chi connectivity index (χ0) is 12.0. The highest BCUT2D eigenvalue weighted by atomic mass is 35.5. The van der Waals surface area contributed by atoms with Crippen molar-refractivity contribution < 1.29 is 4.79 Å². The predicted molar refractivity (Wildman–Crippen MR) is 67.6 cm³/mol. The molecule has 3 heteroatoms. The van der Waals surface area contributed by atoms with Crippen molar-refractivity contribution in [2.24, 2.45) is 0 Å². The number of carbonyl (C=O) groups is 1. The third-order valence-corrected chi connectivity index (χ3v) is 2.75. The first-order chi connectivity index (χ1) is 7.67. The van der Waals surface area contributed by atoms with E-state index in [1.807, 2.05) is 0 Å². The Morgan fingerprint density at radius 1 is 1.25 bits per heavy atom. The van der Waals surface area contributed by atoms with Gasteiger partial charge in [-0.15, -0.1) is 11.6 Å². The molecule has 0 aromatic heterocycles. The number of nitrogens with zero attached hydrogens (tertiary/aromatic N) is 1. The van der Waals surface area contributed by atoms with Crippen LogP contribution in [0.5, 0.6) is 0 Å². The Balaban J connectivity index is 2.58. The van der Waals surface area contributed by atoms with Gasteiger partial charge in [-0.25, -0.2) is 0 Å². The van der Waals surface area contributed by atoms with Crippen molar-refractivity contribution in [1.29, 1.82) is 0 Å². The van der Waals surface area contributed by atoms with Crippen molar-refractivity contribution in [1.82, 2.24) is 4.90 Å². The van der Waals surface area contributed by atoms with Crippen molar-refractivity contribution in [2.75, 3.05) is 12.9 Å². The lowest BCUT2D eigenvalue weighted by Crippen LogP contribution is -2.27. The Morgan fingerprint density at radius 3 is 2.31 bits per heavy atom. The predicted octanol–water partition coefficient (Wildman–Crippen LogP) is 2.84. The Kier molecular flexibility index (Phi) is 5.33. The third-order valence-electron chi connectivity index (χ3n) is 2.52. The number of halogens is 1. The van der Waals surface area contributed by atoms with Gasteiger partial charge in [0.15, 0.2) is 0 Å². The van der Waals surface area contributed by atoms with E-state index in [1.54, 1.807) is 11.9 Å². The number of hydrogen-bond acceptors (Lipinski definition) is 1. The molecule has 88 valence electrons. The van der Waals surface area contributed by atoms with Crippen molar-refractivity contribution in [2.45, 2.75) is 26.3 Å². The second-order valence-corrected chi connectivity index (χ2v) is 4.22. The van der Waals surface area contributed by atoms with E-state index >= 15 is 0 Å². The van der Waals surface area contributed by atoms with E-state index in [4.69, 9.17) is 11.6 Å². The first-order valence-corrected chi connectivity index (χ1v) is 6.08. The molecule has 1 amide bonds. The number of benzene rings is 1. The second-order valence-electron chi connectivity index (χ2n) is 3.95. The minimum atomic E-state index is -0.0423. The number of hydrogen-bond donors (Lipinski definition) is 0. The van der Waals surface area contributed by atoms with E-state index in [-0.39, 0.29) is 11.8 Å². The summed E-state index contributed by atoms with van der Waals surface area (Å²) in [5, 5.41) is 0. The molecule has 1 rings (SSSR count). The fourth-order valence-electron chi connectivity index (χ4n) is 1.56. The van der Waals surface area contributed by atoms with Crippen LogP contribution in [-0.2, 0) is 17.8 Å². The lowest BCUT2D eigenvalue weighted by atomic mass is 10.1. The summed E-state index contributed by atoms with van der Waals surface area (Å²) in [5.41, 5.74) is 2.48. The average molecular weight is 240 g/mol. The summed E-state index contributed by atoms with van der Waals surface area (Å²) in [5.74, 6) is 0.00374. The van der Waals surface area contributed by atoms with Crippen LogP contribution in [0.3, 0.4) is 0 Å². The molecule has 0 saturated carbocycles. The van der Waals surface area contributed by atoms with Crippen molar-refractivity contribution >= 4 is 17.5 Å². The van der Waals surface area contributed by atoms with E-state index in [2.05, 4.69) is 31.2 Å². The monoisotopic (exact) mass is 239 g/mol. The Morgan fingerprint density at radius 2 is 1.81 bits per heavy atom. The SMILES string of the molecule is CCCc1ccc(CN(C)C(=O)CCl)cc1. The van der Waals surface area contributed by atoms with Crippen molar-refractivity contribution in [3.8, 4) is 0 Å². The normalized spacial score (nSPS) is 10.2. The summed E-state index contributed by atoms with van der Waals surface area (Å²) >= 11 is 5.49. The van der Waals surface area contributed by atoms with Gasteiger partial charge in [0.25, 0.3) is 0 Å². The van der Waals surface area contributed by atoms with E-state index in [0.29, 0.717) is 6.54 Å². The van der Waals surface area contributed by atoms with E-state index in [1.165, 1.54) is 5.56 Å². The molecule has 0 spiro atoms. The number of amides is 1. The average Bonchev–Trinajstić information content (AvgIpc) is 2.31. The van der Waals surface area contributed by atoms with E-state index in [0.717, 1.165) is 18.4 Å². The molecular weight excluding hydrogens is 222 g/mol. The standard InChI is InChI=1S/C13H18ClNO/c1-3-4-11-5-7-12(8-6-11)10-15(2)13(16)9-14/h5-8H,3-4,9-10H2,1-2H3. The van der Waals surface area contributed by atoms with Crippen LogP contribution in [0, 0.1) is 0 Å². The maximum Gasteiger partial charge on any atom is 0.237 e. The zero-order valence-corrected chi connectivity index (χ0v) is 10.6. The van der Waals surface area contributed by atoms with E-state index < -0.39 is 0 Å². The van der Waals surface area contributed by atoms with E-state index in [9.17, 15) is 4.79 Å². The molecule has 1 aromatic carbocycles. The molecule has 0 aliphatic carbocycles. The lowest BCUT2D eigenvalue weighted by molar-refractivity contribution is -0.127. The van der Waals surface area contributed by atoms with Gasteiger partial charge in [0.1, 0.15) is 5.88 Å². The Labute approximate surface area is 102 Å². The Hall–Kier alpha value is -1.02. The number of alkyl halides is 1. The van der Waals surface area contributed by atoms with Crippen LogP contribution >= 0.6 is 11.6 Å². The first kappa shape index (κ1) is 13.0. The third kappa shape index (κ3) is 3.86. The van der Waals surface area contributed by atoms with Crippen LogP contribution < -0.4 is 0 Å². The summed E-state index contributed by atoms with van der Waals surface area (Å²) in [4.78, 5) is 12.9. The van der Waals surface area contributed by atoms with Crippen LogP contribution in [0.4, 0.5) is 0 Å². The molecule has 0 atom stereocenters. The van der Waals surface area contributed by atoms with Gasteiger partial charge >= 0.3 is 0 Å². The maximum absolute atomic E-state index is 11.3. The minimum Gasteiger partial charge on any atom is -0.340 e. The fourth-order valence-corrected chi connectivity index (χ4v) is 1.77. The molecule has 0 fully saturated rings. The zero-order valence-electron chi connectivity index (χ0n) is 9.87. The lowest BCUT2D eigenvalue weighted by Gasteiger charge is -2.15. The molecular formula is C13H18ClNO. The van der Waals surface area contributed by atoms with Gasteiger partial charge in [-0.1, -0.05) is 37.6 Å². The van der Waals surface area contributed by atoms with Crippen molar-refractivity contribution in [3.05, 3.63) is 35.4 Å². The van der Waals surface area contributed by atoms with Crippen LogP contribution in [0.1, 0.15) is 24.5 Å². The number of carbonyl (C=O) groups excluding carboxylic acids is 1. The number of rotatable bonds is 5. The van der Waals surface area contributed by atoms with Gasteiger partial charge < -0.3 is 4.90 Å². The highest BCUT2D eigenvalue weighted by molar-refractivity contribution is 6.27. The molecule has 16 heavy (non-hydrogen) atoms. The van der Waals surface area contributed by atoms with Crippen LogP contribution in [-0.4, -0.2) is 23.7 Å². The van der Waals surface area contributed by atoms with Crippen LogP contribution in [0.25, 0.3) is 0 Å². The molecule has 0 N–H and O–H groups in total. The summed E-state index contributed by atoms with van der Waals surface area (Å²) in [6.07, 6.45) is 2.26. The largest absolute Gasteiger partial charge is 0.340 e. The molecule has 0 aliphatic rings. The molecule has 0 aliphatic heterocycles. The van der Waals surface area contributed by atoms with Gasteiger partial charge in [0.2, 0.25) is 5.91 Å². The molecule has 0 radical (unpaired) electrons. The smallest absolute Gasteiger partial charge is 0.237 e. The van der Waals surface area contributed by atoms with Gasteiger partial charge in [-0.2, -0.15) is 0 Å². The topological polar surface area (TPSA) is 20.3 Å².